The molecule has 0 spiro atoms. The number of hydrogen-bond acceptors (Lipinski definition) is 3. The van der Waals surface area contributed by atoms with Crippen molar-refractivity contribution in [2.24, 2.45) is 0 Å². The van der Waals surface area contributed by atoms with Gasteiger partial charge in [0.05, 0.1) is 19.2 Å². The number of hydrogen-bond donors (Lipinski definition) is 0. The van der Waals surface area contributed by atoms with Crippen LogP contribution < -0.4 is 0 Å². The van der Waals surface area contributed by atoms with E-state index >= 15 is 0 Å². The number of nitrogens with zero attached hydrogens (tertiary/aromatic N) is 1. The Balaban J connectivity index is 2.59. The van der Waals surface area contributed by atoms with Crippen LogP contribution in [0.4, 0.5) is 8.78 Å². The average Bonchev–Trinajstić information content (AvgIpc) is 2.28. The molecule has 0 aliphatic rings. The van der Waals surface area contributed by atoms with E-state index in [0.717, 1.165) is 5.56 Å². The number of benzene rings is 1. The number of methoxy groups -OCH3 is 1. The van der Waals surface area contributed by atoms with E-state index in [4.69, 9.17) is 0 Å². The van der Waals surface area contributed by atoms with Crippen molar-refractivity contribution in [3.05, 3.63) is 35.4 Å². The van der Waals surface area contributed by atoms with Crippen LogP contribution in [-0.2, 0) is 11.3 Å². The number of rotatable bonds is 5. The van der Waals surface area contributed by atoms with Gasteiger partial charge in [0.1, 0.15) is 0 Å². The molecule has 0 N–H and O–H groups in total. The molecule has 0 fully saturated rings. The van der Waals surface area contributed by atoms with Gasteiger partial charge in [-0.1, -0.05) is 12.1 Å². The van der Waals surface area contributed by atoms with Crippen LogP contribution >= 0.6 is 0 Å². The second-order valence-corrected chi connectivity index (χ2v) is 3.78. The van der Waals surface area contributed by atoms with Gasteiger partial charge in [-0.25, -0.2) is 13.6 Å². The molecule has 0 saturated carbocycles. The normalized spacial score (nSPS) is 10.9. The molecule has 17 heavy (non-hydrogen) atoms. The van der Waals surface area contributed by atoms with Gasteiger partial charge in [-0.15, -0.1) is 0 Å². The highest BCUT2D eigenvalue weighted by molar-refractivity contribution is 5.89. The minimum absolute atomic E-state index is 0.265. The highest BCUT2D eigenvalue weighted by Crippen LogP contribution is 2.08. The fraction of sp³-hybridized carbons (Fsp3) is 0.417. The maximum Gasteiger partial charge on any atom is 0.337 e. The van der Waals surface area contributed by atoms with Gasteiger partial charge in [0.15, 0.2) is 0 Å². The molecule has 1 rings (SSSR count). The van der Waals surface area contributed by atoms with Gasteiger partial charge < -0.3 is 4.74 Å². The molecule has 0 aliphatic heterocycles. The Bertz CT molecular complexity index is 365. The first kappa shape index (κ1) is 13.6. The van der Waals surface area contributed by atoms with Gasteiger partial charge in [-0.05, 0) is 24.7 Å². The minimum Gasteiger partial charge on any atom is -0.465 e. The maximum absolute atomic E-state index is 12.1. The standard InChI is InChI=1S/C12H15F2NO2/c1-15(8-11(13)14)7-9-3-5-10(6-4-9)12(16)17-2/h3-6,11H,7-8H2,1-2H3. The van der Waals surface area contributed by atoms with Crippen molar-refractivity contribution in [2.45, 2.75) is 13.0 Å². The summed E-state index contributed by atoms with van der Waals surface area (Å²) < 4.78 is 28.8. The number of carbonyl (C=O) groups excluding carboxylic acids is 1. The van der Waals surface area contributed by atoms with Crippen molar-refractivity contribution >= 4 is 5.97 Å². The summed E-state index contributed by atoms with van der Waals surface area (Å²) in [5.41, 5.74) is 1.33. The number of halogens is 2. The summed E-state index contributed by atoms with van der Waals surface area (Å²) >= 11 is 0. The van der Waals surface area contributed by atoms with Crippen molar-refractivity contribution < 1.29 is 18.3 Å². The topological polar surface area (TPSA) is 29.5 Å². The third-order valence-corrected chi connectivity index (χ3v) is 2.28. The van der Waals surface area contributed by atoms with E-state index in [-0.39, 0.29) is 6.54 Å². The summed E-state index contributed by atoms with van der Waals surface area (Å²) in [6.45, 7) is 0.157. The van der Waals surface area contributed by atoms with Gasteiger partial charge in [0.25, 0.3) is 6.43 Å². The van der Waals surface area contributed by atoms with Crippen LogP contribution in [0, 0.1) is 0 Å². The van der Waals surface area contributed by atoms with Crippen LogP contribution in [0.3, 0.4) is 0 Å². The summed E-state index contributed by atoms with van der Waals surface area (Å²) in [6.07, 6.45) is -2.34. The SMILES string of the molecule is COC(=O)c1ccc(CN(C)CC(F)F)cc1. The van der Waals surface area contributed by atoms with E-state index in [0.29, 0.717) is 12.1 Å². The predicted octanol–water partition coefficient (Wildman–Crippen LogP) is 2.17. The molecule has 0 saturated heterocycles. The lowest BCUT2D eigenvalue weighted by Crippen LogP contribution is -2.24. The molecule has 1 aromatic rings. The van der Waals surface area contributed by atoms with E-state index in [1.165, 1.54) is 12.0 Å². The van der Waals surface area contributed by atoms with E-state index in [2.05, 4.69) is 4.74 Å². The fourth-order valence-corrected chi connectivity index (χ4v) is 1.48. The second kappa shape index (κ2) is 6.30. The van der Waals surface area contributed by atoms with Crippen LogP contribution in [0.2, 0.25) is 0 Å². The Kier molecular flexibility index (Phi) is 5.03. The lowest BCUT2D eigenvalue weighted by Gasteiger charge is -2.15. The summed E-state index contributed by atoms with van der Waals surface area (Å²) in [5, 5.41) is 0. The van der Waals surface area contributed by atoms with Crippen molar-refractivity contribution in [1.29, 1.82) is 0 Å². The molecule has 0 amide bonds. The molecule has 3 nitrogen and oxygen atoms in total. The number of ether oxygens (including phenoxy) is 1. The summed E-state index contributed by atoms with van der Waals surface area (Å²) in [7, 11) is 2.94. The van der Waals surface area contributed by atoms with E-state index < -0.39 is 12.4 Å². The zero-order valence-electron chi connectivity index (χ0n) is 9.82. The fourth-order valence-electron chi connectivity index (χ4n) is 1.48. The van der Waals surface area contributed by atoms with Gasteiger partial charge in [0, 0.05) is 6.54 Å². The van der Waals surface area contributed by atoms with E-state index in [1.807, 2.05) is 0 Å². The predicted molar refractivity (Wildman–Crippen MR) is 60.1 cm³/mol. The van der Waals surface area contributed by atoms with Crippen molar-refractivity contribution in [3.8, 4) is 0 Å². The first-order valence-corrected chi connectivity index (χ1v) is 5.17. The molecule has 0 radical (unpaired) electrons. The van der Waals surface area contributed by atoms with Crippen molar-refractivity contribution in [1.82, 2.24) is 4.90 Å². The molecule has 0 aliphatic carbocycles. The lowest BCUT2D eigenvalue weighted by molar-refractivity contribution is 0.0600. The number of alkyl halides is 2. The molecule has 0 bridgehead atoms. The molecule has 5 heteroatoms. The molecular weight excluding hydrogens is 228 g/mol. The molecule has 0 heterocycles. The van der Waals surface area contributed by atoms with Crippen LogP contribution in [-0.4, -0.2) is 38.0 Å². The average molecular weight is 243 g/mol. The van der Waals surface area contributed by atoms with Crippen LogP contribution in [0.15, 0.2) is 24.3 Å². The van der Waals surface area contributed by atoms with Crippen molar-refractivity contribution in [2.75, 3.05) is 20.7 Å². The molecule has 0 aromatic heterocycles. The highest BCUT2D eigenvalue weighted by atomic mass is 19.3. The monoisotopic (exact) mass is 243 g/mol. The molecular formula is C12H15F2NO2. The number of carbonyl (C=O) groups is 1. The Morgan fingerprint density at radius 2 is 1.94 bits per heavy atom. The zero-order chi connectivity index (χ0) is 12.8. The van der Waals surface area contributed by atoms with Gasteiger partial charge in [0.2, 0.25) is 0 Å². The van der Waals surface area contributed by atoms with Crippen molar-refractivity contribution in [3.63, 3.8) is 0 Å². The maximum atomic E-state index is 12.1. The number of esters is 1. The Morgan fingerprint density at radius 3 is 2.41 bits per heavy atom. The second-order valence-electron chi connectivity index (χ2n) is 3.78. The van der Waals surface area contributed by atoms with Crippen LogP contribution in [0.25, 0.3) is 0 Å². The Morgan fingerprint density at radius 1 is 1.35 bits per heavy atom. The third-order valence-electron chi connectivity index (χ3n) is 2.28. The largest absolute Gasteiger partial charge is 0.465 e. The van der Waals surface area contributed by atoms with Crippen LogP contribution in [0.5, 0.6) is 0 Å². The first-order valence-electron chi connectivity index (χ1n) is 5.17. The summed E-state index contributed by atoms with van der Waals surface area (Å²) in [4.78, 5) is 12.7. The van der Waals surface area contributed by atoms with Gasteiger partial charge in [-0.3, -0.25) is 4.90 Å². The van der Waals surface area contributed by atoms with Gasteiger partial charge in [-0.2, -0.15) is 0 Å². The Hall–Kier alpha value is -1.49. The summed E-state index contributed by atoms with van der Waals surface area (Å²) in [6, 6.07) is 6.71. The Labute approximate surface area is 99.0 Å². The third kappa shape index (κ3) is 4.48. The van der Waals surface area contributed by atoms with Crippen LogP contribution in [0.1, 0.15) is 15.9 Å². The van der Waals surface area contributed by atoms with Gasteiger partial charge >= 0.3 is 5.97 Å². The summed E-state index contributed by atoms with van der Waals surface area (Å²) in [5.74, 6) is -0.405. The smallest absolute Gasteiger partial charge is 0.337 e. The molecule has 0 atom stereocenters. The van der Waals surface area contributed by atoms with E-state index in [9.17, 15) is 13.6 Å². The molecule has 1 aromatic carbocycles. The zero-order valence-corrected chi connectivity index (χ0v) is 9.82. The highest BCUT2D eigenvalue weighted by Gasteiger charge is 2.09. The quantitative estimate of drug-likeness (QED) is 0.742. The first-order chi connectivity index (χ1) is 8.02. The molecule has 0 unspecified atom stereocenters. The molecule has 94 valence electrons. The minimum atomic E-state index is -2.34. The lowest BCUT2D eigenvalue weighted by atomic mass is 10.1. The van der Waals surface area contributed by atoms with E-state index in [1.54, 1.807) is 31.3 Å².